The van der Waals surface area contributed by atoms with Crippen molar-refractivity contribution in [1.29, 1.82) is 0 Å². The molecule has 1 aromatic carbocycles. The van der Waals surface area contributed by atoms with E-state index in [0.29, 0.717) is 11.6 Å². The maximum atomic E-state index is 5.34. The average Bonchev–Trinajstić information content (AvgIpc) is 2.38. The molecule has 3 N–H and O–H groups in total. The minimum atomic E-state index is 0.153. The van der Waals surface area contributed by atoms with Crippen molar-refractivity contribution in [3.05, 3.63) is 42.1 Å². The molecule has 0 radical (unpaired) electrons. The Bertz CT molecular complexity index is 526. The van der Waals surface area contributed by atoms with E-state index in [4.69, 9.17) is 5.84 Å². The van der Waals surface area contributed by atoms with E-state index < -0.39 is 0 Å². The molecule has 0 fully saturated rings. The number of hydrogen-bond acceptors (Lipinski definition) is 4. The molecule has 0 atom stereocenters. The first-order chi connectivity index (χ1) is 8.50. The zero-order valence-electron chi connectivity index (χ0n) is 10.9. The zero-order valence-corrected chi connectivity index (χ0v) is 10.9. The molecule has 0 aliphatic heterocycles. The fourth-order valence-corrected chi connectivity index (χ4v) is 1.70. The van der Waals surface area contributed by atoms with Gasteiger partial charge in [0.1, 0.15) is 5.82 Å². The Morgan fingerprint density at radius 3 is 2.28 bits per heavy atom. The summed E-state index contributed by atoms with van der Waals surface area (Å²) in [5, 5.41) is 0. The van der Waals surface area contributed by atoms with Crippen molar-refractivity contribution in [2.24, 2.45) is 5.84 Å². The molecule has 4 heteroatoms. The highest BCUT2D eigenvalue weighted by molar-refractivity contribution is 5.57. The molecule has 4 nitrogen and oxygen atoms in total. The van der Waals surface area contributed by atoms with Gasteiger partial charge in [0, 0.05) is 17.8 Å². The molecular formula is C14H18N4. The fraction of sp³-hybridized carbons (Fsp3) is 0.286. The molecule has 2 rings (SSSR count). The van der Waals surface area contributed by atoms with Gasteiger partial charge in [0.15, 0.2) is 5.82 Å². The standard InChI is InChI=1S/C14H18N4/c1-14(2,3)11-6-4-10(5-7-11)13-16-9-8-12(17-13)18-15/h4-9H,15H2,1-3H3,(H,16,17,18). The first-order valence-corrected chi connectivity index (χ1v) is 5.91. The number of nitrogens with zero attached hydrogens (tertiary/aromatic N) is 2. The number of rotatable bonds is 2. The highest BCUT2D eigenvalue weighted by atomic mass is 15.3. The summed E-state index contributed by atoms with van der Waals surface area (Å²) in [7, 11) is 0. The normalized spacial score (nSPS) is 11.3. The van der Waals surface area contributed by atoms with Gasteiger partial charge >= 0.3 is 0 Å². The second-order valence-electron chi connectivity index (χ2n) is 5.24. The highest BCUT2D eigenvalue weighted by Gasteiger charge is 2.13. The third kappa shape index (κ3) is 2.65. The van der Waals surface area contributed by atoms with Crippen LogP contribution in [0.25, 0.3) is 11.4 Å². The number of nitrogens with one attached hydrogen (secondary N) is 1. The molecule has 1 heterocycles. The van der Waals surface area contributed by atoms with Gasteiger partial charge in [-0.1, -0.05) is 45.0 Å². The van der Waals surface area contributed by atoms with Crippen LogP contribution < -0.4 is 11.3 Å². The molecule has 0 aliphatic rings. The topological polar surface area (TPSA) is 63.8 Å². The molecule has 1 aromatic heterocycles. The Balaban J connectivity index is 2.34. The van der Waals surface area contributed by atoms with E-state index in [2.05, 4.69) is 48.3 Å². The van der Waals surface area contributed by atoms with E-state index in [0.717, 1.165) is 5.56 Å². The molecule has 0 amide bonds. The third-order valence-electron chi connectivity index (χ3n) is 2.81. The zero-order chi connectivity index (χ0) is 13.2. The van der Waals surface area contributed by atoms with E-state index in [1.807, 2.05) is 12.1 Å². The van der Waals surface area contributed by atoms with Crippen LogP contribution in [0.15, 0.2) is 36.5 Å². The first kappa shape index (κ1) is 12.5. The molecule has 0 saturated carbocycles. The lowest BCUT2D eigenvalue weighted by molar-refractivity contribution is 0.590. The van der Waals surface area contributed by atoms with Crippen LogP contribution >= 0.6 is 0 Å². The predicted octanol–water partition coefficient (Wildman–Crippen LogP) is 2.73. The number of benzene rings is 1. The van der Waals surface area contributed by atoms with E-state index in [1.165, 1.54) is 5.56 Å². The quantitative estimate of drug-likeness (QED) is 0.628. The van der Waals surface area contributed by atoms with Gasteiger partial charge in [-0.2, -0.15) is 0 Å². The summed E-state index contributed by atoms with van der Waals surface area (Å²) in [5.41, 5.74) is 4.95. The number of nitrogen functional groups attached to an aromatic ring is 1. The Morgan fingerprint density at radius 2 is 1.72 bits per heavy atom. The number of hydrogen-bond donors (Lipinski definition) is 2. The molecule has 18 heavy (non-hydrogen) atoms. The largest absolute Gasteiger partial charge is 0.308 e. The predicted molar refractivity (Wildman–Crippen MR) is 74.0 cm³/mol. The van der Waals surface area contributed by atoms with Crippen molar-refractivity contribution in [2.45, 2.75) is 26.2 Å². The summed E-state index contributed by atoms with van der Waals surface area (Å²) >= 11 is 0. The number of hydrazine groups is 1. The molecular weight excluding hydrogens is 224 g/mol. The molecule has 0 spiro atoms. The van der Waals surface area contributed by atoms with Crippen LogP contribution in [0.1, 0.15) is 26.3 Å². The Hall–Kier alpha value is -1.94. The third-order valence-corrected chi connectivity index (χ3v) is 2.81. The highest BCUT2D eigenvalue weighted by Crippen LogP contribution is 2.24. The van der Waals surface area contributed by atoms with Crippen LogP contribution in [-0.2, 0) is 5.41 Å². The van der Waals surface area contributed by atoms with E-state index >= 15 is 0 Å². The van der Waals surface area contributed by atoms with E-state index in [9.17, 15) is 0 Å². The van der Waals surface area contributed by atoms with Gasteiger partial charge in [-0.3, -0.25) is 0 Å². The van der Waals surface area contributed by atoms with Gasteiger partial charge in [0.2, 0.25) is 0 Å². The van der Waals surface area contributed by atoms with Gasteiger partial charge in [-0.15, -0.1) is 0 Å². The summed E-state index contributed by atoms with van der Waals surface area (Å²) in [6.07, 6.45) is 1.69. The lowest BCUT2D eigenvalue weighted by Gasteiger charge is -2.19. The van der Waals surface area contributed by atoms with Crippen LogP contribution in [0.3, 0.4) is 0 Å². The van der Waals surface area contributed by atoms with Gasteiger partial charge in [0.05, 0.1) is 0 Å². The van der Waals surface area contributed by atoms with Crippen LogP contribution in [0.2, 0.25) is 0 Å². The number of aromatic nitrogens is 2. The maximum absolute atomic E-state index is 5.34. The van der Waals surface area contributed by atoms with Gasteiger partial charge in [-0.25, -0.2) is 15.8 Å². The van der Waals surface area contributed by atoms with Crippen LogP contribution in [-0.4, -0.2) is 9.97 Å². The van der Waals surface area contributed by atoms with Crippen LogP contribution in [0.4, 0.5) is 5.82 Å². The fourth-order valence-electron chi connectivity index (χ4n) is 1.70. The SMILES string of the molecule is CC(C)(C)c1ccc(-c2nccc(NN)n2)cc1. The molecule has 0 unspecified atom stereocenters. The molecule has 94 valence electrons. The Labute approximate surface area is 107 Å². The van der Waals surface area contributed by atoms with Crippen LogP contribution in [0.5, 0.6) is 0 Å². The van der Waals surface area contributed by atoms with Crippen molar-refractivity contribution in [3.63, 3.8) is 0 Å². The first-order valence-electron chi connectivity index (χ1n) is 5.91. The summed E-state index contributed by atoms with van der Waals surface area (Å²) in [6, 6.07) is 10.0. The smallest absolute Gasteiger partial charge is 0.161 e. The minimum Gasteiger partial charge on any atom is -0.308 e. The monoisotopic (exact) mass is 242 g/mol. The lowest BCUT2D eigenvalue weighted by atomic mass is 9.87. The molecule has 0 saturated heterocycles. The van der Waals surface area contributed by atoms with Gasteiger partial charge in [0.25, 0.3) is 0 Å². The van der Waals surface area contributed by atoms with Crippen molar-refractivity contribution in [3.8, 4) is 11.4 Å². The van der Waals surface area contributed by atoms with E-state index in [1.54, 1.807) is 12.3 Å². The lowest BCUT2D eigenvalue weighted by Crippen LogP contribution is -2.11. The summed E-state index contributed by atoms with van der Waals surface area (Å²) < 4.78 is 0. The summed E-state index contributed by atoms with van der Waals surface area (Å²) in [5.74, 6) is 6.62. The molecule has 0 aliphatic carbocycles. The minimum absolute atomic E-state index is 0.153. The molecule has 0 bridgehead atoms. The van der Waals surface area contributed by atoms with Crippen molar-refractivity contribution < 1.29 is 0 Å². The summed E-state index contributed by atoms with van der Waals surface area (Å²) in [6.45, 7) is 6.58. The Kier molecular flexibility index (Phi) is 3.30. The maximum Gasteiger partial charge on any atom is 0.161 e. The second kappa shape index (κ2) is 4.74. The second-order valence-corrected chi connectivity index (χ2v) is 5.24. The Morgan fingerprint density at radius 1 is 1.06 bits per heavy atom. The van der Waals surface area contributed by atoms with Crippen molar-refractivity contribution in [1.82, 2.24) is 9.97 Å². The van der Waals surface area contributed by atoms with E-state index in [-0.39, 0.29) is 5.41 Å². The van der Waals surface area contributed by atoms with Gasteiger partial charge < -0.3 is 5.43 Å². The average molecular weight is 242 g/mol. The van der Waals surface area contributed by atoms with Crippen molar-refractivity contribution >= 4 is 5.82 Å². The van der Waals surface area contributed by atoms with Gasteiger partial charge in [-0.05, 0) is 11.0 Å². The number of nitrogens with two attached hydrogens (primary N) is 1. The summed E-state index contributed by atoms with van der Waals surface area (Å²) in [4.78, 5) is 8.55. The number of anilines is 1. The van der Waals surface area contributed by atoms with Crippen molar-refractivity contribution in [2.75, 3.05) is 5.43 Å². The molecule has 2 aromatic rings. The van der Waals surface area contributed by atoms with Crippen LogP contribution in [0, 0.1) is 0 Å².